The Morgan fingerprint density at radius 1 is 0.875 bits per heavy atom. The van der Waals surface area contributed by atoms with E-state index in [0.29, 0.717) is 38.4 Å². The summed E-state index contributed by atoms with van der Waals surface area (Å²) in [4.78, 5) is 43.5. The molecule has 2 aromatic rings. The van der Waals surface area contributed by atoms with Crippen LogP contribution in [0.2, 0.25) is 0 Å². The molecule has 1 saturated heterocycles. The first-order chi connectivity index (χ1) is 30.3. The zero-order valence-electron chi connectivity index (χ0n) is 38.9. The molecule has 16 nitrogen and oxygen atoms in total. The Bertz CT molecular complexity index is 2100. The lowest BCUT2D eigenvalue weighted by atomic mass is 9.77. The van der Waals surface area contributed by atoms with Crippen molar-refractivity contribution >= 4 is 40.3 Å². The number of aromatic hydroxyl groups is 3. The Hall–Kier alpha value is -4.64. The third-order valence-corrected chi connectivity index (χ3v) is 14.4. The number of aliphatic hydroxyl groups excluding tert-OH is 2. The number of nitrogens with one attached hydrogen (secondary N) is 1. The van der Waals surface area contributed by atoms with Gasteiger partial charge < -0.3 is 49.8 Å². The summed E-state index contributed by atoms with van der Waals surface area (Å²) in [5.41, 5.74) is -0.317. The molecular formula is C48H70N4O12. The molecule has 64 heavy (non-hydrogen) atoms. The number of hydrogen-bond acceptors (Lipinski definition) is 15. The fraction of sp³-hybridized carbons (Fsp3) is 0.667. The van der Waals surface area contributed by atoms with Crippen LogP contribution in [0.25, 0.3) is 10.8 Å². The van der Waals surface area contributed by atoms with Crippen LogP contribution >= 0.6 is 0 Å². The molecule has 1 amide bonds. The van der Waals surface area contributed by atoms with Crippen molar-refractivity contribution < 1.29 is 58.9 Å². The molecule has 1 unspecified atom stereocenters. The first-order valence-electron chi connectivity index (χ1n) is 23.1. The standard InChI is InChI=1S/C48H70N4O12/c1-25-14-13-15-26(2)47(60)50-38-33(24-49-52-21-19-51(20-22-52)32-16-11-10-12-17-32)42(57)35-36(43(38)58)41(56)30(6)45-37(35)46(59)48(8,64-45)62-23-18-34(61-9)27(3)44(63-31(7)53)29(5)40(55)28(4)39(25)54/h18,23-29,32,34,39-40,44,54-58H,10-17,19-22H2,1-9H3,(H,50,60)/b23-18+,49-24+/t25-,26?,27-,28-,29+,34+,39-,40+,44-,48+/m1/s1. The number of ether oxygens (including phenoxy) is 4. The summed E-state index contributed by atoms with van der Waals surface area (Å²) in [5.74, 6) is -8.17. The van der Waals surface area contributed by atoms with E-state index >= 15 is 0 Å². The maximum absolute atomic E-state index is 14.6. The molecule has 5 aliphatic rings. The number of carbonyl (C=O) groups is 3. The largest absolute Gasteiger partial charge is 0.507 e. The first kappa shape index (κ1) is 48.8. The lowest BCUT2D eigenvalue weighted by Gasteiger charge is -2.39. The van der Waals surface area contributed by atoms with Crippen molar-refractivity contribution in [2.24, 2.45) is 34.7 Å². The summed E-state index contributed by atoms with van der Waals surface area (Å²) < 4.78 is 23.8. The number of rotatable bonds is 5. The average molecular weight is 895 g/mol. The third kappa shape index (κ3) is 9.80. The summed E-state index contributed by atoms with van der Waals surface area (Å²) >= 11 is 0. The highest BCUT2D eigenvalue weighted by Crippen LogP contribution is 2.55. The lowest BCUT2D eigenvalue weighted by molar-refractivity contribution is -0.160. The van der Waals surface area contributed by atoms with Gasteiger partial charge in [-0.25, -0.2) is 0 Å². The number of nitrogens with zero attached hydrogens (tertiary/aromatic N) is 3. The number of aliphatic hydroxyl groups is 2. The van der Waals surface area contributed by atoms with Crippen molar-refractivity contribution in [2.75, 3.05) is 38.6 Å². The van der Waals surface area contributed by atoms with Gasteiger partial charge in [0.1, 0.15) is 23.4 Å². The number of hydrazone groups is 1. The molecule has 1 aliphatic carbocycles. The number of phenolic OH excluding ortho intramolecular Hbond substituents is 3. The second-order valence-electron chi connectivity index (χ2n) is 18.9. The van der Waals surface area contributed by atoms with E-state index in [0.717, 1.165) is 13.1 Å². The minimum absolute atomic E-state index is 0.0693. The second-order valence-corrected chi connectivity index (χ2v) is 18.9. The van der Waals surface area contributed by atoms with Gasteiger partial charge >= 0.3 is 11.8 Å². The zero-order valence-corrected chi connectivity index (χ0v) is 38.9. The molecule has 0 spiro atoms. The zero-order chi connectivity index (χ0) is 46.8. The van der Waals surface area contributed by atoms with Gasteiger partial charge in [0.05, 0.1) is 53.0 Å². The molecule has 7 rings (SSSR count). The van der Waals surface area contributed by atoms with Crippen LogP contribution in [0.3, 0.4) is 0 Å². The number of amides is 1. The number of fused-ring (bicyclic) bond motifs is 16. The van der Waals surface area contributed by atoms with Crippen molar-refractivity contribution in [1.29, 1.82) is 0 Å². The number of esters is 1. The normalized spacial score (nSPS) is 32.4. The monoisotopic (exact) mass is 894 g/mol. The molecule has 1 saturated carbocycles. The number of piperazine rings is 1. The van der Waals surface area contributed by atoms with E-state index in [1.54, 1.807) is 27.7 Å². The predicted octanol–water partition coefficient (Wildman–Crippen LogP) is 6.34. The summed E-state index contributed by atoms with van der Waals surface area (Å²) in [5, 5.41) is 68.1. The van der Waals surface area contributed by atoms with Crippen LogP contribution in [0.15, 0.2) is 17.4 Å². The van der Waals surface area contributed by atoms with Gasteiger partial charge in [0.2, 0.25) is 5.91 Å². The molecule has 2 fully saturated rings. The van der Waals surface area contributed by atoms with Gasteiger partial charge in [-0.1, -0.05) is 60.3 Å². The number of ketones is 1. The highest BCUT2D eigenvalue weighted by Gasteiger charge is 2.50. The molecule has 10 atom stereocenters. The minimum Gasteiger partial charge on any atom is -0.507 e. The quantitative estimate of drug-likeness (QED) is 0.0835. The number of Topliss-reactive ketones (excluding diaryl/α,β-unsaturated/α-hetero) is 1. The van der Waals surface area contributed by atoms with E-state index in [9.17, 15) is 39.9 Å². The maximum atomic E-state index is 14.6. The Balaban J connectivity index is 1.43. The highest BCUT2D eigenvalue weighted by atomic mass is 16.7. The van der Waals surface area contributed by atoms with E-state index in [4.69, 9.17) is 24.0 Å². The molecular weight excluding hydrogens is 825 g/mol. The van der Waals surface area contributed by atoms with Crippen LogP contribution in [0, 0.1) is 36.5 Å². The van der Waals surface area contributed by atoms with E-state index in [-0.39, 0.29) is 44.8 Å². The van der Waals surface area contributed by atoms with Crippen LogP contribution in [0.4, 0.5) is 5.69 Å². The van der Waals surface area contributed by atoms with E-state index in [1.165, 1.54) is 78.5 Å². The van der Waals surface area contributed by atoms with Crippen molar-refractivity contribution in [2.45, 2.75) is 143 Å². The van der Waals surface area contributed by atoms with Crippen LogP contribution in [-0.4, -0.2) is 129 Å². The topological polar surface area (TPSA) is 220 Å². The summed E-state index contributed by atoms with van der Waals surface area (Å²) in [7, 11) is 1.46. The van der Waals surface area contributed by atoms with Gasteiger partial charge in [-0.2, -0.15) is 5.10 Å². The first-order valence-corrected chi connectivity index (χ1v) is 23.1. The molecule has 5 bridgehead atoms. The van der Waals surface area contributed by atoms with Gasteiger partial charge in [-0.15, -0.1) is 0 Å². The van der Waals surface area contributed by atoms with Gasteiger partial charge in [-0.3, -0.25) is 24.3 Å². The number of carbonyl (C=O) groups excluding carboxylic acids is 3. The van der Waals surface area contributed by atoms with Crippen LogP contribution < -0.4 is 10.1 Å². The fourth-order valence-electron chi connectivity index (χ4n) is 10.2. The minimum atomic E-state index is -2.03. The van der Waals surface area contributed by atoms with E-state index in [2.05, 4.69) is 10.2 Å². The Morgan fingerprint density at radius 2 is 1.55 bits per heavy atom. The number of methoxy groups -OCH3 is 1. The number of benzene rings is 2. The third-order valence-electron chi connectivity index (χ3n) is 14.4. The van der Waals surface area contributed by atoms with Gasteiger partial charge in [0.25, 0.3) is 5.78 Å². The van der Waals surface area contributed by atoms with Crippen molar-refractivity contribution in [3.63, 3.8) is 0 Å². The SMILES string of the molecule is CO[C@H]1/C=C/O[C@@]2(C)Oc3c(C)c(O)c4c(O)c(c(/C=N/N5CCN(C6CCCCC6)CC5)c(O)c4c3C2=O)NC(=O)C(C)CCC[C@@H](C)[C@@H](O)[C@@H](C)[C@H](O)[C@H](C)[C@H](OC(C)=O)[C@@H]1C. The van der Waals surface area contributed by atoms with Gasteiger partial charge in [-0.05, 0) is 44.6 Å². The molecule has 354 valence electrons. The van der Waals surface area contributed by atoms with Crippen molar-refractivity contribution in [3.8, 4) is 23.0 Å². The van der Waals surface area contributed by atoms with Crippen LogP contribution in [0.5, 0.6) is 23.0 Å². The Morgan fingerprint density at radius 3 is 2.19 bits per heavy atom. The summed E-state index contributed by atoms with van der Waals surface area (Å²) in [6.45, 7) is 15.9. The van der Waals surface area contributed by atoms with Gasteiger partial charge in [0, 0.05) is 87.8 Å². The highest BCUT2D eigenvalue weighted by molar-refractivity contribution is 6.23. The number of anilines is 1. The summed E-state index contributed by atoms with van der Waals surface area (Å²) in [6, 6.07) is 0.553. The van der Waals surface area contributed by atoms with E-state index in [1.807, 2.05) is 11.9 Å². The molecule has 2 aromatic carbocycles. The molecule has 0 aromatic heterocycles. The van der Waals surface area contributed by atoms with Crippen molar-refractivity contribution in [1.82, 2.24) is 9.91 Å². The smallest absolute Gasteiger partial charge is 0.312 e. The van der Waals surface area contributed by atoms with Crippen LogP contribution in [0.1, 0.15) is 121 Å². The Labute approximate surface area is 376 Å². The fourth-order valence-corrected chi connectivity index (χ4v) is 10.2. The van der Waals surface area contributed by atoms with E-state index < -0.39 is 88.8 Å². The molecule has 6 N–H and O–H groups in total. The van der Waals surface area contributed by atoms with Crippen molar-refractivity contribution in [3.05, 3.63) is 29.0 Å². The summed E-state index contributed by atoms with van der Waals surface area (Å²) in [6.07, 6.45) is 7.99. The average Bonchev–Trinajstić information content (AvgIpc) is 3.54. The molecule has 4 heterocycles. The molecule has 0 radical (unpaired) electrons. The number of phenols is 3. The second kappa shape index (κ2) is 20.3. The molecule has 4 aliphatic heterocycles. The number of hydrogen-bond donors (Lipinski definition) is 6. The van der Waals surface area contributed by atoms with Gasteiger partial charge in [0.15, 0.2) is 5.75 Å². The Kier molecular flexibility index (Phi) is 15.4. The lowest BCUT2D eigenvalue weighted by Crippen LogP contribution is -2.49. The predicted molar refractivity (Wildman–Crippen MR) is 242 cm³/mol. The maximum Gasteiger partial charge on any atom is 0.312 e. The van der Waals surface area contributed by atoms with Crippen LogP contribution in [-0.2, 0) is 23.8 Å². The molecule has 16 heteroatoms.